The van der Waals surface area contributed by atoms with Crippen molar-refractivity contribution < 1.29 is 23.8 Å². The summed E-state index contributed by atoms with van der Waals surface area (Å²) in [5, 5.41) is 0. The molecule has 1 fully saturated rings. The molecule has 1 aliphatic rings. The lowest BCUT2D eigenvalue weighted by Crippen LogP contribution is -2.20. The smallest absolute Gasteiger partial charge is 0.313 e. The van der Waals surface area contributed by atoms with Crippen LogP contribution >= 0.6 is 0 Å². The number of esters is 2. The van der Waals surface area contributed by atoms with Gasteiger partial charge in [0.1, 0.15) is 17.4 Å². The number of carbonyl (C=O) groups is 2. The van der Waals surface area contributed by atoms with Gasteiger partial charge in [-0.15, -0.1) is 0 Å². The predicted molar refractivity (Wildman–Crippen MR) is 75.4 cm³/mol. The van der Waals surface area contributed by atoms with Crippen LogP contribution in [0.2, 0.25) is 0 Å². The lowest BCUT2D eigenvalue weighted by Gasteiger charge is -2.16. The van der Waals surface area contributed by atoms with E-state index >= 15 is 0 Å². The monoisotopic (exact) mass is 292 g/mol. The number of methoxy groups -OCH3 is 1. The molecule has 0 bridgehead atoms. The molecule has 5 nitrogen and oxygen atoms in total. The third-order valence-electron chi connectivity index (χ3n) is 3.79. The fraction of sp³-hybridized carbons (Fsp3) is 0.500. The van der Waals surface area contributed by atoms with Gasteiger partial charge in [0.15, 0.2) is 0 Å². The average Bonchev–Trinajstić information content (AvgIpc) is 3.19. The molecule has 1 saturated carbocycles. The van der Waals surface area contributed by atoms with Crippen molar-refractivity contribution in [3.8, 4) is 0 Å². The van der Waals surface area contributed by atoms with Crippen LogP contribution in [0.15, 0.2) is 30.3 Å². The minimum absolute atomic E-state index is 0.263. The standard InChI is InChI=1S/C16H20O5/c1-4-20-14(17)12-13(15(18)21-5-2)16(12,19-3)11-9-7-6-8-10-11/h6-10,12-13H,4-5H2,1-3H3/t12-,13-/m0/s1. The number of hydrogen-bond acceptors (Lipinski definition) is 5. The maximum atomic E-state index is 12.2. The third kappa shape index (κ3) is 2.53. The number of rotatable bonds is 6. The van der Waals surface area contributed by atoms with E-state index in [9.17, 15) is 9.59 Å². The van der Waals surface area contributed by atoms with Crippen LogP contribution in [0.25, 0.3) is 0 Å². The molecule has 5 heteroatoms. The summed E-state index contributed by atoms with van der Waals surface area (Å²) in [6, 6.07) is 9.25. The Labute approximate surface area is 124 Å². The van der Waals surface area contributed by atoms with E-state index in [0.29, 0.717) is 0 Å². The molecular weight excluding hydrogens is 272 g/mol. The second kappa shape index (κ2) is 6.26. The summed E-state index contributed by atoms with van der Waals surface area (Å²) in [6.45, 7) is 3.99. The molecule has 0 saturated heterocycles. The summed E-state index contributed by atoms with van der Waals surface area (Å²) in [7, 11) is 1.50. The molecule has 0 N–H and O–H groups in total. The number of hydrogen-bond donors (Lipinski definition) is 0. The summed E-state index contributed by atoms with van der Waals surface area (Å²) in [5.41, 5.74) is -0.205. The lowest BCUT2D eigenvalue weighted by atomic mass is 10.0. The largest absolute Gasteiger partial charge is 0.466 e. The first-order valence-corrected chi connectivity index (χ1v) is 7.07. The predicted octanol–water partition coefficient (Wildman–Crippen LogP) is 1.90. The van der Waals surface area contributed by atoms with Gasteiger partial charge in [-0.1, -0.05) is 30.3 Å². The minimum Gasteiger partial charge on any atom is -0.466 e. The van der Waals surface area contributed by atoms with Crippen molar-refractivity contribution >= 4 is 11.9 Å². The molecule has 0 spiro atoms. The van der Waals surface area contributed by atoms with Crippen LogP contribution in [0.4, 0.5) is 0 Å². The summed E-state index contributed by atoms with van der Waals surface area (Å²) < 4.78 is 15.7. The third-order valence-corrected chi connectivity index (χ3v) is 3.79. The van der Waals surface area contributed by atoms with Gasteiger partial charge in [-0.3, -0.25) is 9.59 Å². The zero-order valence-corrected chi connectivity index (χ0v) is 12.5. The van der Waals surface area contributed by atoms with Crippen LogP contribution in [0, 0.1) is 11.8 Å². The Morgan fingerprint density at radius 2 is 1.48 bits per heavy atom. The van der Waals surface area contributed by atoms with Crippen molar-refractivity contribution in [3.63, 3.8) is 0 Å². The second-order valence-corrected chi connectivity index (χ2v) is 4.82. The molecule has 114 valence electrons. The molecule has 1 aromatic carbocycles. The Morgan fingerprint density at radius 1 is 1.00 bits per heavy atom. The van der Waals surface area contributed by atoms with Crippen LogP contribution in [0.5, 0.6) is 0 Å². The summed E-state index contributed by atoms with van der Waals surface area (Å²) in [5.74, 6) is -2.18. The summed E-state index contributed by atoms with van der Waals surface area (Å²) >= 11 is 0. The lowest BCUT2D eigenvalue weighted by molar-refractivity contribution is -0.150. The van der Waals surface area contributed by atoms with E-state index in [2.05, 4.69) is 0 Å². The maximum Gasteiger partial charge on any atom is 0.313 e. The van der Waals surface area contributed by atoms with E-state index in [-0.39, 0.29) is 13.2 Å². The zero-order valence-electron chi connectivity index (χ0n) is 12.5. The van der Waals surface area contributed by atoms with Crippen LogP contribution < -0.4 is 0 Å². The molecular formula is C16H20O5. The van der Waals surface area contributed by atoms with Crippen molar-refractivity contribution in [2.24, 2.45) is 11.8 Å². The maximum absolute atomic E-state index is 12.2. The number of carbonyl (C=O) groups excluding carboxylic acids is 2. The quantitative estimate of drug-likeness (QED) is 0.749. The van der Waals surface area contributed by atoms with E-state index in [1.807, 2.05) is 30.3 Å². The highest BCUT2D eigenvalue weighted by Crippen LogP contribution is 2.61. The van der Waals surface area contributed by atoms with Crippen LogP contribution in [0.1, 0.15) is 19.4 Å². The first-order valence-electron chi connectivity index (χ1n) is 7.07. The fourth-order valence-corrected chi connectivity index (χ4v) is 2.88. The van der Waals surface area contributed by atoms with Crippen molar-refractivity contribution in [1.29, 1.82) is 0 Å². The van der Waals surface area contributed by atoms with Crippen molar-refractivity contribution in [2.75, 3.05) is 20.3 Å². The molecule has 1 aromatic rings. The van der Waals surface area contributed by atoms with Crippen LogP contribution in [0.3, 0.4) is 0 Å². The molecule has 2 rings (SSSR count). The van der Waals surface area contributed by atoms with Gasteiger partial charge in [-0.05, 0) is 19.4 Å². The normalized spacial score (nSPS) is 27.0. The fourth-order valence-electron chi connectivity index (χ4n) is 2.88. The minimum atomic E-state index is -0.986. The van der Waals surface area contributed by atoms with Crippen molar-refractivity contribution in [1.82, 2.24) is 0 Å². The van der Waals surface area contributed by atoms with E-state index < -0.39 is 29.4 Å². The van der Waals surface area contributed by atoms with E-state index in [1.165, 1.54) is 7.11 Å². The van der Waals surface area contributed by atoms with Gasteiger partial charge in [-0.25, -0.2) is 0 Å². The first kappa shape index (κ1) is 15.5. The van der Waals surface area contributed by atoms with Gasteiger partial charge in [0, 0.05) is 7.11 Å². The van der Waals surface area contributed by atoms with Gasteiger partial charge in [0.25, 0.3) is 0 Å². The highest BCUT2D eigenvalue weighted by molar-refractivity contribution is 5.91. The van der Waals surface area contributed by atoms with Gasteiger partial charge >= 0.3 is 11.9 Å². The highest BCUT2D eigenvalue weighted by atomic mass is 16.6. The van der Waals surface area contributed by atoms with Crippen molar-refractivity contribution in [2.45, 2.75) is 19.4 Å². The second-order valence-electron chi connectivity index (χ2n) is 4.82. The highest BCUT2D eigenvalue weighted by Gasteiger charge is 2.75. The zero-order chi connectivity index (χ0) is 15.5. The van der Waals surface area contributed by atoms with Crippen LogP contribution in [-0.4, -0.2) is 32.3 Å². The Morgan fingerprint density at radius 3 is 1.86 bits per heavy atom. The van der Waals surface area contributed by atoms with Crippen molar-refractivity contribution in [3.05, 3.63) is 35.9 Å². The molecule has 0 radical (unpaired) electrons. The Balaban J connectivity index is 2.36. The molecule has 0 amide bonds. The molecule has 0 unspecified atom stereocenters. The Bertz CT molecular complexity index is 487. The topological polar surface area (TPSA) is 61.8 Å². The molecule has 0 aliphatic heterocycles. The van der Waals surface area contributed by atoms with Gasteiger partial charge < -0.3 is 14.2 Å². The van der Waals surface area contributed by atoms with Crippen LogP contribution in [-0.2, 0) is 29.4 Å². The molecule has 1 aliphatic carbocycles. The summed E-state index contributed by atoms with van der Waals surface area (Å²) in [4.78, 5) is 24.3. The first-order chi connectivity index (χ1) is 10.1. The number of benzene rings is 1. The molecule has 21 heavy (non-hydrogen) atoms. The van der Waals surface area contributed by atoms with E-state index in [0.717, 1.165) is 5.56 Å². The Kier molecular flexibility index (Phi) is 4.63. The molecule has 0 aromatic heterocycles. The SMILES string of the molecule is CCOC(=O)[C@@H]1[C@@H](C(=O)OCC)C1(OC)c1ccccc1. The Hall–Kier alpha value is -1.88. The van der Waals surface area contributed by atoms with Gasteiger partial charge in [-0.2, -0.15) is 0 Å². The summed E-state index contributed by atoms with van der Waals surface area (Å²) in [6.07, 6.45) is 0. The molecule has 0 heterocycles. The van der Waals surface area contributed by atoms with Gasteiger partial charge in [0.2, 0.25) is 0 Å². The van der Waals surface area contributed by atoms with E-state index in [4.69, 9.17) is 14.2 Å². The van der Waals surface area contributed by atoms with E-state index in [1.54, 1.807) is 13.8 Å². The number of ether oxygens (including phenoxy) is 3. The molecule has 2 atom stereocenters. The average molecular weight is 292 g/mol. The van der Waals surface area contributed by atoms with Gasteiger partial charge in [0.05, 0.1) is 13.2 Å².